The van der Waals surface area contributed by atoms with Crippen LogP contribution in [0.1, 0.15) is 0 Å². The minimum Gasteiger partial charge on any atom is -0.490 e. The van der Waals surface area contributed by atoms with Gasteiger partial charge in [0.1, 0.15) is 12.4 Å². The van der Waals surface area contributed by atoms with Crippen LogP contribution in [-0.4, -0.2) is 48.2 Å². The minimum atomic E-state index is -0.253. The predicted molar refractivity (Wildman–Crippen MR) is 98.6 cm³/mol. The van der Waals surface area contributed by atoms with E-state index in [2.05, 4.69) is 15.6 Å². The van der Waals surface area contributed by atoms with Gasteiger partial charge >= 0.3 is 6.03 Å². The van der Waals surface area contributed by atoms with Gasteiger partial charge in [-0.2, -0.15) is 0 Å². The summed E-state index contributed by atoms with van der Waals surface area (Å²) in [6, 6.07) is 8.37. The van der Waals surface area contributed by atoms with E-state index in [4.69, 9.17) is 27.9 Å². The topological polar surface area (TPSA) is 66.5 Å². The van der Waals surface area contributed by atoms with Crippen molar-refractivity contribution in [2.45, 2.75) is 6.04 Å². The number of anilines is 1. The van der Waals surface area contributed by atoms with Gasteiger partial charge in [0, 0.05) is 25.8 Å². The molecule has 2 amide bonds. The second-order valence-corrected chi connectivity index (χ2v) is 6.39. The zero-order valence-corrected chi connectivity index (χ0v) is 14.9. The fraction of sp³-hybridized carbons (Fsp3) is 0.294. The third kappa shape index (κ3) is 4.54. The summed E-state index contributed by atoms with van der Waals surface area (Å²) in [6.45, 7) is 2.29. The molecule has 1 aromatic heterocycles. The third-order valence-electron chi connectivity index (χ3n) is 3.88. The number of carbonyl (C=O) groups excluding carboxylic acids is 1. The Morgan fingerprint density at radius 2 is 2.12 bits per heavy atom. The summed E-state index contributed by atoms with van der Waals surface area (Å²) in [7, 11) is 0. The molecule has 0 saturated carbocycles. The van der Waals surface area contributed by atoms with E-state index in [9.17, 15) is 4.79 Å². The fourth-order valence-corrected chi connectivity index (χ4v) is 3.09. The first-order chi connectivity index (χ1) is 12.1. The number of piperazine rings is 1. The fourth-order valence-electron chi connectivity index (χ4n) is 2.60. The highest BCUT2D eigenvalue weighted by molar-refractivity contribution is 6.39. The van der Waals surface area contributed by atoms with E-state index in [1.54, 1.807) is 41.6 Å². The maximum absolute atomic E-state index is 12.7. The van der Waals surface area contributed by atoms with Crippen molar-refractivity contribution in [2.75, 3.05) is 31.6 Å². The van der Waals surface area contributed by atoms with Crippen molar-refractivity contribution in [2.24, 2.45) is 0 Å². The number of hydrogen-bond donors (Lipinski definition) is 2. The van der Waals surface area contributed by atoms with Gasteiger partial charge in [-0.3, -0.25) is 4.98 Å². The lowest BCUT2D eigenvalue weighted by Gasteiger charge is -2.36. The summed E-state index contributed by atoms with van der Waals surface area (Å²) in [5.41, 5.74) is 0.418. The number of nitrogens with one attached hydrogen (secondary N) is 2. The Hall–Kier alpha value is -2.02. The normalized spacial score (nSPS) is 17.2. The van der Waals surface area contributed by atoms with Gasteiger partial charge in [0.25, 0.3) is 0 Å². The summed E-state index contributed by atoms with van der Waals surface area (Å²) in [5.74, 6) is 0.669. The van der Waals surface area contributed by atoms with Crippen LogP contribution < -0.4 is 15.4 Å². The van der Waals surface area contributed by atoms with Gasteiger partial charge in [-0.25, -0.2) is 4.79 Å². The molecule has 2 heterocycles. The van der Waals surface area contributed by atoms with Crippen LogP contribution in [0.2, 0.25) is 10.0 Å². The summed E-state index contributed by atoms with van der Waals surface area (Å²) in [6.07, 6.45) is 3.33. The lowest BCUT2D eigenvalue weighted by atomic mass is 10.2. The maximum atomic E-state index is 12.7. The Morgan fingerprint density at radius 1 is 1.32 bits per heavy atom. The number of nitrogens with zero attached hydrogens (tertiary/aromatic N) is 2. The van der Waals surface area contributed by atoms with Gasteiger partial charge in [0.05, 0.1) is 28.0 Å². The second kappa shape index (κ2) is 8.38. The molecule has 1 unspecified atom stereocenters. The van der Waals surface area contributed by atoms with E-state index in [-0.39, 0.29) is 12.1 Å². The first-order valence-corrected chi connectivity index (χ1v) is 8.66. The van der Waals surface area contributed by atoms with Crippen LogP contribution in [0.15, 0.2) is 42.7 Å². The Balaban J connectivity index is 1.66. The van der Waals surface area contributed by atoms with Crippen molar-refractivity contribution in [3.63, 3.8) is 0 Å². The molecule has 1 aromatic carbocycles. The molecule has 3 rings (SSSR count). The second-order valence-electron chi connectivity index (χ2n) is 5.58. The van der Waals surface area contributed by atoms with Crippen molar-refractivity contribution in [1.82, 2.24) is 15.2 Å². The van der Waals surface area contributed by atoms with Gasteiger partial charge in [-0.15, -0.1) is 0 Å². The average Bonchev–Trinajstić information content (AvgIpc) is 2.64. The molecule has 2 aromatic rings. The molecule has 0 radical (unpaired) electrons. The number of halogens is 2. The smallest absolute Gasteiger partial charge is 0.322 e. The summed E-state index contributed by atoms with van der Waals surface area (Å²) < 4.78 is 5.75. The Kier molecular flexibility index (Phi) is 5.96. The quantitative estimate of drug-likeness (QED) is 0.853. The highest BCUT2D eigenvalue weighted by atomic mass is 35.5. The summed E-state index contributed by atoms with van der Waals surface area (Å²) in [4.78, 5) is 18.4. The zero-order valence-electron chi connectivity index (χ0n) is 13.4. The van der Waals surface area contributed by atoms with E-state index >= 15 is 0 Å². The molecule has 0 spiro atoms. The minimum absolute atomic E-state index is 0.116. The van der Waals surface area contributed by atoms with Crippen LogP contribution in [0, 0.1) is 0 Å². The standard InChI is InChI=1S/C17H18Cl2N4O2/c18-14-4-1-5-15(19)16(14)22-17(24)23-8-7-21-9-12(23)11-25-13-3-2-6-20-10-13/h1-6,10,12,21H,7-9,11H2,(H,22,24). The molecule has 8 heteroatoms. The van der Waals surface area contributed by atoms with Crippen molar-refractivity contribution in [3.8, 4) is 5.75 Å². The molecule has 1 aliphatic rings. The molecule has 132 valence electrons. The SMILES string of the molecule is O=C(Nc1c(Cl)cccc1Cl)N1CCNCC1COc1cccnc1. The number of para-hydroxylation sites is 1. The molecular formula is C17H18Cl2N4O2. The highest BCUT2D eigenvalue weighted by Gasteiger charge is 2.28. The number of amides is 2. The van der Waals surface area contributed by atoms with Gasteiger partial charge in [-0.1, -0.05) is 29.3 Å². The molecular weight excluding hydrogens is 363 g/mol. The largest absolute Gasteiger partial charge is 0.490 e. The van der Waals surface area contributed by atoms with Crippen molar-refractivity contribution >= 4 is 34.9 Å². The van der Waals surface area contributed by atoms with E-state index in [0.717, 1.165) is 0 Å². The number of carbonyl (C=O) groups is 1. The molecule has 2 N–H and O–H groups in total. The number of hydrogen-bond acceptors (Lipinski definition) is 4. The van der Waals surface area contributed by atoms with Crippen molar-refractivity contribution in [1.29, 1.82) is 0 Å². The molecule has 0 bridgehead atoms. The number of pyridine rings is 1. The number of rotatable bonds is 4. The van der Waals surface area contributed by atoms with Gasteiger partial charge in [0.15, 0.2) is 0 Å². The Labute approximate surface area is 156 Å². The predicted octanol–water partition coefficient (Wildman–Crippen LogP) is 3.27. The number of urea groups is 1. The first kappa shape index (κ1) is 17.8. The summed E-state index contributed by atoms with van der Waals surface area (Å²) in [5, 5.41) is 6.88. The number of ether oxygens (including phenoxy) is 1. The van der Waals surface area contributed by atoms with Crippen LogP contribution >= 0.6 is 23.2 Å². The van der Waals surface area contributed by atoms with Crippen LogP contribution in [-0.2, 0) is 0 Å². The van der Waals surface area contributed by atoms with E-state index in [1.165, 1.54) is 0 Å². The zero-order chi connectivity index (χ0) is 17.6. The highest BCUT2D eigenvalue weighted by Crippen LogP contribution is 2.30. The van der Waals surface area contributed by atoms with Gasteiger partial charge in [-0.05, 0) is 24.3 Å². The molecule has 6 nitrogen and oxygen atoms in total. The molecule has 1 atom stereocenters. The Morgan fingerprint density at radius 3 is 2.84 bits per heavy atom. The average molecular weight is 381 g/mol. The van der Waals surface area contributed by atoms with Gasteiger partial charge < -0.3 is 20.3 Å². The van der Waals surface area contributed by atoms with Gasteiger partial charge in [0.2, 0.25) is 0 Å². The van der Waals surface area contributed by atoms with E-state index in [1.807, 2.05) is 6.07 Å². The van der Waals surface area contributed by atoms with E-state index in [0.29, 0.717) is 47.7 Å². The first-order valence-electron chi connectivity index (χ1n) is 7.90. The monoisotopic (exact) mass is 380 g/mol. The maximum Gasteiger partial charge on any atom is 0.322 e. The lowest BCUT2D eigenvalue weighted by Crippen LogP contribution is -2.57. The van der Waals surface area contributed by atoms with E-state index < -0.39 is 0 Å². The molecule has 0 aliphatic carbocycles. The summed E-state index contributed by atoms with van der Waals surface area (Å²) >= 11 is 12.3. The molecule has 1 aliphatic heterocycles. The van der Waals surface area contributed by atoms with Crippen LogP contribution in [0.3, 0.4) is 0 Å². The van der Waals surface area contributed by atoms with Crippen LogP contribution in [0.4, 0.5) is 10.5 Å². The number of benzene rings is 1. The lowest BCUT2D eigenvalue weighted by molar-refractivity contribution is 0.133. The molecule has 1 saturated heterocycles. The number of aromatic nitrogens is 1. The van der Waals surface area contributed by atoms with Crippen LogP contribution in [0.25, 0.3) is 0 Å². The third-order valence-corrected chi connectivity index (χ3v) is 4.51. The van der Waals surface area contributed by atoms with Crippen molar-refractivity contribution in [3.05, 3.63) is 52.8 Å². The van der Waals surface area contributed by atoms with Crippen molar-refractivity contribution < 1.29 is 9.53 Å². The molecule has 25 heavy (non-hydrogen) atoms. The Bertz CT molecular complexity index is 710. The van der Waals surface area contributed by atoms with Crippen LogP contribution in [0.5, 0.6) is 5.75 Å². The molecule has 1 fully saturated rings.